The van der Waals surface area contributed by atoms with Crippen molar-refractivity contribution in [2.24, 2.45) is 0 Å². The SMILES string of the molecule is Cc1cccc(CC(Oc2ccccc2)C(=O)O)c1. The lowest BCUT2D eigenvalue weighted by atomic mass is 10.1. The Hall–Kier alpha value is -2.29. The Morgan fingerprint density at radius 2 is 1.89 bits per heavy atom. The van der Waals surface area contributed by atoms with E-state index in [-0.39, 0.29) is 0 Å². The lowest BCUT2D eigenvalue weighted by Gasteiger charge is -2.15. The Bertz CT molecular complexity index is 549. The van der Waals surface area contributed by atoms with E-state index < -0.39 is 12.1 Å². The number of benzene rings is 2. The number of aryl methyl sites for hydroxylation is 1. The molecule has 0 amide bonds. The molecule has 2 aromatic rings. The number of rotatable bonds is 5. The maximum Gasteiger partial charge on any atom is 0.345 e. The Morgan fingerprint density at radius 3 is 2.53 bits per heavy atom. The van der Waals surface area contributed by atoms with Crippen LogP contribution in [0.3, 0.4) is 0 Å². The van der Waals surface area contributed by atoms with Gasteiger partial charge in [-0.3, -0.25) is 0 Å². The second kappa shape index (κ2) is 6.05. The molecule has 0 fully saturated rings. The highest BCUT2D eigenvalue weighted by atomic mass is 16.5. The van der Waals surface area contributed by atoms with Crippen LogP contribution in [-0.2, 0) is 11.2 Å². The standard InChI is InChI=1S/C16H16O3/c1-12-6-5-7-13(10-12)11-15(16(17)18)19-14-8-3-2-4-9-14/h2-10,15H,11H2,1H3,(H,17,18). The Morgan fingerprint density at radius 1 is 1.16 bits per heavy atom. The van der Waals surface area contributed by atoms with E-state index in [0.717, 1.165) is 11.1 Å². The maximum absolute atomic E-state index is 11.3. The summed E-state index contributed by atoms with van der Waals surface area (Å²) in [5.41, 5.74) is 2.07. The topological polar surface area (TPSA) is 46.5 Å². The molecule has 0 aliphatic carbocycles. The third-order valence-electron chi connectivity index (χ3n) is 2.80. The van der Waals surface area contributed by atoms with E-state index in [9.17, 15) is 9.90 Å². The molecule has 0 saturated heterocycles. The van der Waals surface area contributed by atoms with Crippen LogP contribution in [0.2, 0.25) is 0 Å². The molecule has 0 heterocycles. The van der Waals surface area contributed by atoms with Crippen molar-refractivity contribution in [3.8, 4) is 5.75 Å². The van der Waals surface area contributed by atoms with E-state index >= 15 is 0 Å². The average molecular weight is 256 g/mol. The smallest absolute Gasteiger partial charge is 0.345 e. The van der Waals surface area contributed by atoms with Crippen LogP contribution in [0.1, 0.15) is 11.1 Å². The van der Waals surface area contributed by atoms with Crippen LogP contribution in [0.5, 0.6) is 5.75 Å². The van der Waals surface area contributed by atoms with E-state index in [0.29, 0.717) is 12.2 Å². The summed E-state index contributed by atoms with van der Waals surface area (Å²) >= 11 is 0. The van der Waals surface area contributed by atoms with Crippen LogP contribution in [0, 0.1) is 6.92 Å². The van der Waals surface area contributed by atoms with Gasteiger partial charge in [0, 0.05) is 6.42 Å². The molecule has 2 rings (SSSR count). The second-order valence-electron chi connectivity index (χ2n) is 4.45. The summed E-state index contributed by atoms with van der Waals surface area (Å²) in [6.07, 6.45) is -0.518. The highest BCUT2D eigenvalue weighted by Gasteiger charge is 2.19. The molecule has 0 spiro atoms. The van der Waals surface area contributed by atoms with E-state index in [1.807, 2.05) is 49.4 Å². The molecule has 0 saturated carbocycles. The van der Waals surface area contributed by atoms with Gasteiger partial charge in [0.1, 0.15) is 5.75 Å². The quantitative estimate of drug-likeness (QED) is 0.894. The number of ether oxygens (including phenoxy) is 1. The lowest BCUT2D eigenvalue weighted by Crippen LogP contribution is -2.29. The van der Waals surface area contributed by atoms with Crippen molar-refractivity contribution in [3.63, 3.8) is 0 Å². The van der Waals surface area contributed by atoms with Crippen LogP contribution >= 0.6 is 0 Å². The molecule has 0 aromatic heterocycles. The number of aliphatic carboxylic acids is 1. The minimum atomic E-state index is -0.953. The van der Waals surface area contributed by atoms with Gasteiger partial charge >= 0.3 is 5.97 Å². The molecular formula is C16H16O3. The highest BCUT2D eigenvalue weighted by Crippen LogP contribution is 2.15. The van der Waals surface area contributed by atoms with Gasteiger partial charge in [0.15, 0.2) is 6.10 Å². The van der Waals surface area contributed by atoms with Crippen LogP contribution < -0.4 is 4.74 Å². The van der Waals surface area contributed by atoms with Crippen molar-refractivity contribution in [2.75, 3.05) is 0 Å². The Balaban J connectivity index is 2.11. The fourth-order valence-electron chi connectivity index (χ4n) is 1.90. The third-order valence-corrected chi connectivity index (χ3v) is 2.80. The van der Waals surface area contributed by atoms with Crippen LogP contribution in [0.25, 0.3) is 0 Å². The Kier molecular flexibility index (Phi) is 4.18. The lowest BCUT2D eigenvalue weighted by molar-refractivity contribution is -0.145. The number of para-hydroxylation sites is 1. The van der Waals surface area contributed by atoms with Crippen molar-refractivity contribution in [1.82, 2.24) is 0 Å². The van der Waals surface area contributed by atoms with Crippen molar-refractivity contribution < 1.29 is 14.6 Å². The zero-order valence-electron chi connectivity index (χ0n) is 10.7. The zero-order chi connectivity index (χ0) is 13.7. The summed E-state index contributed by atoms with van der Waals surface area (Å²) in [5.74, 6) is -0.382. The van der Waals surface area contributed by atoms with Gasteiger partial charge in [-0.15, -0.1) is 0 Å². The van der Waals surface area contributed by atoms with Gasteiger partial charge in [-0.25, -0.2) is 4.79 Å². The van der Waals surface area contributed by atoms with Gasteiger partial charge in [0.05, 0.1) is 0 Å². The molecule has 0 aliphatic heterocycles. The number of hydrogen-bond donors (Lipinski definition) is 1. The third kappa shape index (κ3) is 3.85. The molecule has 3 heteroatoms. The number of carbonyl (C=O) groups is 1. The molecular weight excluding hydrogens is 240 g/mol. The second-order valence-corrected chi connectivity index (χ2v) is 4.45. The summed E-state index contributed by atoms with van der Waals surface area (Å²) in [6, 6.07) is 16.8. The largest absolute Gasteiger partial charge is 0.478 e. The molecule has 1 unspecified atom stereocenters. The molecule has 0 bridgehead atoms. The predicted molar refractivity (Wildman–Crippen MR) is 73.4 cm³/mol. The minimum Gasteiger partial charge on any atom is -0.478 e. The predicted octanol–water partition coefficient (Wildman–Crippen LogP) is 3.07. The summed E-state index contributed by atoms with van der Waals surface area (Å²) in [4.78, 5) is 11.3. The summed E-state index contributed by atoms with van der Waals surface area (Å²) in [6.45, 7) is 1.98. The molecule has 19 heavy (non-hydrogen) atoms. The van der Waals surface area contributed by atoms with Crippen molar-refractivity contribution in [3.05, 3.63) is 65.7 Å². The maximum atomic E-state index is 11.3. The molecule has 98 valence electrons. The van der Waals surface area contributed by atoms with Gasteiger partial charge < -0.3 is 9.84 Å². The fraction of sp³-hybridized carbons (Fsp3) is 0.188. The van der Waals surface area contributed by atoms with E-state index in [1.165, 1.54) is 0 Å². The molecule has 1 N–H and O–H groups in total. The van der Waals surface area contributed by atoms with E-state index in [4.69, 9.17) is 4.74 Å². The fourth-order valence-corrected chi connectivity index (χ4v) is 1.90. The minimum absolute atomic E-state index is 0.353. The normalized spacial score (nSPS) is 11.8. The molecule has 0 aliphatic rings. The van der Waals surface area contributed by atoms with E-state index in [2.05, 4.69) is 0 Å². The van der Waals surface area contributed by atoms with Crippen molar-refractivity contribution in [1.29, 1.82) is 0 Å². The first-order chi connectivity index (χ1) is 9.15. The molecule has 0 radical (unpaired) electrons. The Labute approximate surface area is 112 Å². The first-order valence-corrected chi connectivity index (χ1v) is 6.15. The zero-order valence-corrected chi connectivity index (χ0v) is 10.7. The van der Waals surface area contributed by atoms with Gasteiger partial charge in [-0.1, -0.05) is 48.0 Å². The monoisotopic (exact) mass is 256 g/mol. The average Bonchev–Trinajstić information content (AvgIpc) is 2.39. The first-order valence-electron chi connectivity index (χ1n) is 6.15. The molecule has 1 atom stereocenters. The van der Waals surface area contributed by atoms with Crippen LogP contribution in [0.15, 0.2) is 54.6 Å². The van der Waals surface area contributed by atoms with Crippen LogP contribution in [-0.4, -0.2) is 17.2 Å². The first kappa shape index (κ1) is 13.1. The van der Waals surface area contributed by atoms with Crippen LogP contribution in [0.4, 0.5) is 0 Å². The van der Waals surface area contributed by atoms with Gasteiger partial charge in [0.25, 0.3) is 0 Å². The molecule has 2 aromatic carbocycles. The number of hydrogen-bond acceptors (Lipinski definition) is 2. The van der Waals surface area contributed by atoms with Gasteiger partial charge in [-0.05, 0) is 24.6 Å². The summed E-state index contributed by atoms with van der Waals surface area (Å²) < 4.78 is 5.52. The summed E-state index contributed by atoms with van der Waals surface area (Å²) in [5, 5.41) is 9.24. The highest BCUT2D eigenvalue weighted by molar-refractivity contribution is 5.73. The number of carboxylic acid groups (broad SMARTS) is 1. The number of carboxylic acids is 1. The van der Waals surface area contributed by atoms with Gasteiger partial charge in [-0.2, -0.15) is 0 Å². The molecule has 3 nitrogen and oxygen atoms in total. The summed E-state index contributed by atoms with van der Waals surface area (Å²) in [7, 11) is 0. The van der Waals surface area contributed by atoms with E-state index in [1.54, 1.807) is 12.1 Å². The van der Waals surface area contributed by atoms with Crippen molar-refractivity contribution >= 4 is 5.97 Å². The van der Waals surface area contributed by atoms with Crippen molar-refractivity contribution in [2.45, 2.75) is 19.4 Å². The van der Waals surface area contributed by atoms with Gasteiger partial charge in [0.2, 0.25) is 0 Å².